The van der Waals surface area contributed by atoms with Gasteiger partial charge in [0.05, 0.1) is 12.7 Å². The number of aliphatic hydroxyl groups is 3. The van der Waals surface area contributed by atoms with Crippen LogP contribution in [0.3, 0.4) is 0 Å². The number of carbonyl (C=O) groups is 1. The fraction of sp³-hybridized carbons (Fsp3) is 0.833. The highest BCUT2D eigenvalue weighted by Crippen LogP contribution is 1.98. The van der Waals surface area contributed by atoms with Crippen molar-refractivity contribution < 1.29 is 20.1 Å². The Morgan fingerprint density at radius 3 is 2.30 bits per heavy atom. The van der Waals surface area contributed by atoms with Crippen LogP contribution in [-0.2, 0) is 4.79 Å². The van der Waals surface area contributed by atoms with Crippen molar-refractivity contribution >= 4 is 6.29 Å². The minimum Gasteiger partial charge on any atom is -0.394 e. The molecule has 0 aliphatic carbocycles. The molecule has 4 heteroatoms. The van der Waals surface area contributed by atoms with Crippen LogP contribution in [0.1, 0.15) is 12.8 Å². The van der Waals surface area contributed by atoms with Gasteiger partial charge in [-0.2, -0.15) is 0 Å². The Hall–Kier alpha value is -0.450. The summed E-state index contributed by atoms with van der Waals surface area (Å²) in [5.41, 5.74) is 0. The predicted molar refractivity (Wildman–Crippen MR) is 34.4 cm³/mol. The van der Waals surface area contributed by atoms with Gasteiger partial charge in [-0.15, -0.1) is 0 Å². The van der Waals surface area contributed by atoms with Crippen LogP contribution in [0.4, 0.5) is 0 Å². The van der Waals surface area contributed by atoms with E-state index in [-0.39, 0.29) is 19.4 Å². The van der Waals surface area contributed by atoms with Gasteiger partial charge in [0.25, 0.3) is 0 Å². The molecule has 2 atom stereocenters. The summed E-state index contributed by atoms with van der Waals surface area (Å²) in [6.45, 7) is -0.328. The Morgan fingerprint density at radius 1 is 1.30 bits per heavy atom. The zero-order valence-electron chi connectivity index (χ0n) is 5.60. The molecule has 0 spiro atoms. The van der Waals surface area contributed by atoms with Gasteiger partial charge in [0, 0.05) is 0 Å². The lowest BCUT2D eigenvalue weighted by Crippen LogP contribution is -2.16. The van der Waals surface area contributed by atoms with Crippen molar-refractivity contribution in [3.63, 3.8) is 0 Å². The summed E-state index contributed by atoms with van der Waals surface area (Å²) in [7, 11) is 0. The molecule has 10 heavy (non-hydrogen) atoms. The van der Waals surface area contributed by atoms with Crippen LogP contribution in [0.2, 0.25) is 0 Å². The van der Waals surface area contributed by atoms with Crippen molar-refractivity contribution in [3.8, 4) is 0 Å². The first-order valence-electron chi connectivity index (χ1n) is 3.13. The number of hydrogen-bond donors (Lipinski definition) is 3. The fourth-order valence-electron chi connectivity index (χ4n) is 0.522. The van der Waals surface area contributed by atoms with Crippen molar-refractivity contribution in [1.29, 1.82) is 0 Å². The Bertz CT molecular complexity index is 93.7. The minimum absolute atomic E-state index is 0.200. The summed E-state index contributed by atoms with van der Waals surface area (Å²) >= 11 is 0. The van der Waals surface area contributed by atoms with E-state index in [1.807, 2.05) is 0 Å². The molecule has 0 aliphatic rings. The summed E-state index contributed by atoms with van der Waals surface area (Å²) in [5, 5.41) is 25.7. The van der Waals surface area contributed by atoms with Crippen LogP contribution < -0.4 is 0 Å². The van der Waals surface area contributed by atoms with Crippen LogP contribution >= 0.6 is 0 Å². The van der Waals surface area contributed by atoms with Crippen LogP contribution in [-0.4, -0.2) is 40.4 Å². The molecular formula is C6H12O4. The molecule has 0 aromatic carbocycles. The van der Waals surface area contributed by atoms with E-state index in [1.54, 1.807) is 0 Å². The van der Waals surface area contributed by atoms with Crippen LogP contribution in [0.5, 0.6) is 0 Å². The molecule has 4 nitrogen and oxygen atoms in total. The Labute approximate surface area is 59.1 Å². The average Bonchev–Trinajstić information content (AvgIpc) is 1.99. The Morgan fingerprint density at radius 2 is 1.90 bits per heavy atom. The number of hydrogen-bond acceptors (Lipinski definition) is 4. The quantitative estimate of drug-likeness (QED) is 0.422. The summed E-state index contributed by atoms with van der Waals surface area (Å²) in [6.07, 6.45) is -0.984. The van der Waals surface area contributed by atoms with Crippen molar-refractivity contribution in [1.82, 2.24) is 0 Å². The second-order valence-electron chi connectivity index (χ2n) is 2.12. The molecule has 0 bridgehead atoms. The molecule has 0 saturated carbocycles. The van der Waals surface area contributed by atoms with Gasteiger partial charge in [0.1, 0.15) is 12.4 Å². The fourth-order valence-corrected chi connectivity index (χ4v) is 0.522. The van der Waals surface area contributed by atoms with Gasteiger partial charge in [-0.3, -0.25) is 0 Å². The van der Waals surface area contributed by atoms with E-state index in [1.165, 1.54) is 0 Å². The Balaban J connectivity index is 3.25. The maximum absolute atomic E-state index is 9.81. The molecule has 0 aliphatic heterocycles. The molecule has 0 radical (unpaired) electrons. The van der Waals surface area contributed by atoms with Crippen LogP contribution in [0.25, 0.3) is 0 Å². The first-order valence-corrected chi connectivity index (χ1v) is 3.13. The maximum atomic E-state index is 9.81. The molecule has 3 N–H and O–H groups in total. The van der Waals surface area contributed by atoms with Gasteiger partial charge in [-0.25, -0.2) is 0 Å². The third-order valence-electron chi connectivity index (χ3n) is 1.16. The molecule has 0 saturated heterocycles. The third-order valence-corrected chi connectivity index (χ3v) is 1.16. The second kappa shape index (κ2) is 5.34. The molecule has 60 valence electrons. The molecule has 0 rings (SSSR count). The topological polar surface area (TPSA) is 77.8 Å². The molecule has 0 aromatic rings. The Kier molecular flexibility index (Phi) is 5.10. The van der Waals surface area contributed by atoms with Gasteiger partial charge in [-0.1, -0.05) is 0 Å². The number of carbonyl (C=O) groups excluding carboxylic acids is 1. The SMILES string of the molecule is O=C[C@@H](O)CC[C@@H](O)CO. The molecule has 0 amide bonds. The lowest BCUT2D eigenvalue weighted by molar-refractivity contribution is -0.115. The van der Waals surface area contributed by atoms with Crippen molar-refractivity contribution in [2.75, 3.05) is 6.61 Å². The number of aldehydes is 1. The standard InChI is InChI=1S/C6H12O4/c7-3-5(9)1-2-6(10)4-8/h3,5-6,8-10H,1-2,4H2/t5-,6+/m0/s1. The predicted octanol–water partition coefficient (Wildman–Crippen LogP) is -1.32. The smallest absolute Gasteiger partial charge is 0.148 e. The maximum Gasteiger partial charge on any atom is 0.148 e. The lowest BCUT2D eigenvalue weighted by Gasteiger charge is -2.06. The highest BCUT2D eigenvalue weighted by Gasteiger charge is 2.06. The van der Waals surface area contributed by atoms with Crippen molar-refractivity contribution in [2.24, 2.45) is 0 Å². The average molecular weight is 148 g/mol. The van der Waals surface area contributed by atoms with E-state index in [2.05, 4.69) is 0 Å². The highest BCUT2D eigenvalue weighted by atomic mass is 16.3. The zero-order valence-corrected chi connectivity index (χ0v) is 5.60. The van der Waals surface area contributed by atoms with E-state index in [4.69, 9.17) is 15.3 Å². The third kappa shape index (κ3) is 4.43. The minimum atomic E-state index is -1.01. The van der Waals surface area contributed by atoms with Crippen LogP contribution in [0.15, 0.2) is 0 Å². The highest BCUT2D eigenvalue weighted by molar-refractivity contribution is 5.55. The first-order chi connectivity index (χ1) is 4.70. The summed E-state index contributed by atoms with van der Waals surface area (Å²) < 4.78 is 0. The summed E-state index contributed by atoms with van der Waals surface area (Å²) in [6, 6.07) is 0. The number of rotatable bonds is 5. The van der Waals surface area contributed by atoms with Crippen molar-refractivity contribution in [3.05, 3.63) is 0 Å². The van der Waals surface area contributed by atoms with Crippen molar-refractivity contribution in [2.45, 2.75) is 25.0 Å². The molecule has 0 heterocycles. The van der Waals surface area contributed by atoms with E-state index >= 15 is 0 Å². The molecule has 0 aromatic heterocycles. The van der Waals surface area contributed by atoms with Gasteiger partial charge >= 0.3 is 0 Å². The largest absolute Gasteiger partial charge is 0.394 e. The van der Waals surface area contributed by atoms with Gasteiger partial charge < -0.3 is 20.1 Å². The zero-order chi connectivity index (χ0) is 7.98. The number of aliphatic hydroxyl groups excluding tert-OH is 3. The van der Waals surface area contributed by atoms with E-state index in [0.717, 1.165) is 0 Å². The van der Waals surface area contributed by atoms with E-state index in [0.29, 0.717) is 6.29 Å². The van der Waals surface area contributed by atoms with Crippen LogP contribution in [0, 0.1) is 0 Å². The van der Waals surface area contributed by atoms with E-state index < -0.39 is 12.2 Å². The van der Waals surface area contributed by atoms with Gasteiger partial charge in [0.2, 0.25) is 0 Å². The normalized spacial score (nSPS) is 16.3. The second-order valence-corrected chi connectivity index (χ2v) is 2.12. The molecule has 0 unspecified atom stereocenters. The monoisotopic (exact) mass is 148 g/mol. The summed E-state index contributed by atoms with van der Waals surface area (Å²) in [4.78, 5) is 9.81. The molecule has 0 fully saturated rings. The lowest BCUT2D eigenvalue weighted by atomic mass is 10.1. The molecular weight excluding hydrogens is 136 g/mol. The van der Waals surface area contributed by atoms with Gasteiger partial charge in [-0.05, 0) is 12.8 Å². The first kappa shape index (κ1) is 9.55. The van der Waals surface area contributed by atoms with Gasteiger partial charge in [0.15, 0.2) is 0 Å². The summed E-state index contributed by atoms with van der Waals surface area (Å²) in [5.74, 6) is 0. The van der Waals surface area contributed by atoms with E-state index in [9.17, 15) is 4.79 Å².